The third kappa shape index (κ3) is 4.27. The second-order valence-corrected chi connectivity index (χ2v) is 7.96. The molecule has 0 bridgehead atoms. The van der Waals surface area contributed by atoms with E-state index in [1.807, 2.05) is 22.9 Å². The van der Waals surface area contributed by atoms with Gasteiger partial charge in [-0.2, -0.15) is 11.3 Å². The van der Waals surface area contributed by atoms with Gasteiger partial charge in [0.2, 0.25) is 10.0 Å². The zero-order valence-corrected chi connectivity index (χ0v) is 15.6. The minimum atomic E-state index is -3.84. The first kappa shape index (κ1) is 18.5. The molecule has 1 aromatic carbocycles. The van der Waals surface area contributed by atoms with Crippen molar-refractivity contribution >= 4 is 21.4 Å². The molecule has 0 radical (unpaired) electrons. The summed E-state index contributed by atoms with van der Waals surface area (Å²) in [5.41, 5.74) is 2.51. The molecule has 0 aliphatic rings. The number of sulfonamides is 1. The molecule has 0 unspecified atom stereocenters. The molecule has 8 heteroatoms. The van der Waals surface area contributed by atoms with Crippen LogP contribution in [0.15, 0.2) is 58.3 Å². The highest BCUT2D eigenvalue weighted by atomic mass is 32.2. The quantitative estimate of drug-likeness (QED) is 0.664. The molecule has 0 aliphatic heterocycles. The van der Waals surface area contributed by atoms with Crippen LogP contribution >= 0.6 is 11.3 Å². The Hall–Kier alpha value is -2.29. The maximum atomic E-state index is 13.9. The van der Waals surface area contributed by atoms with Crippen molar-refractivity contribution < 1.29 is 17.5 Å². The van der Waals surface area contributed by atoms with Crippen LogP contribution in [0.2, 0.25) is 0 Å². The van der Waals surface area contributed by atoms with Crippen molar-refractivity contribution in [2.45, 2.75) is 18.4 Å². The molecular formula is C18H17FN2O3S2. The zero-order valence-electron chi connectivity index (χ0n) is 14.0. The van der Waals surface area contributed by atoms with Gasteiger partial charge in [-0.3, -0.25) is 4.98 Å². The fourth-order valence-corrected chi connectivity index (χ4v) is 4.01. The fourth-order valence-electron chi connectivity index (χ4n) is 2.34. The zero-order chi connectivity index (χ0) is 18.6. The van der Waals surface area contributed by atoms with Gasteiger partial charge in [0.25, 0.3) is 0 Å². The van der Waals surface area contributed by atoms with E-state index in [0.29, 0.717) is 6.61 Å². The van der Waals surface area contributed by atoms with E-state index in [1.165, 1.54) is 12.1 Å². The maximum absolute atomic E-state index is 13.9. The van der Waals surface area contributed by atoms with Crippen molar-refractivity contribution in [1.29, 1.82) is 0 Å². The van der Waals surface area contributed by atoms with Crippen LogP contribution in [0.3, 0.4) is 0 Å². The van der Waals surface area contributed by atoms with Gasteiger partial charge in [0.1, 0.15) is 0 Å². The molecule has 3 aromatic rings. The summed E-state index contributed by atoms with van der Waals surface area (Å²) in [7, 11) is -3.84. The Morgan fingerprint density at radius 3 is 2.77 bits per heavy atom. The van der Waals surface area contributed by atoms with Gasteiger partial charge >= 0.3 is 0 Å². The highest BCUT2D eigenvalue weighted by Crippen LogP contribution is 2.22. The second kappa shape index (κ2) is 7.94. The maximum Gasteiger partial charge on any atom is 0.240 e. The van der Waals surface area contributed by atoms with Crippen LogP contribution in [0.25, 0.3) is 11.3 Å². The summed E-state index contributed by atoms with van der Waals surface area (Å²) in [6.07, 6.45) is 1.63. The molecule has 0 aliphatic carbocycles. The van der Waals surface area contributed by atoms with E-state index in [-0.39, 0.29) is 17.2 Å². The molecule has 26 heavy (non-hydrogen) atoms. The Morgan fingerprint density at radius 1 is 1.23 bits per heavy atom. The lowest BCUT2D eigenvalue weighted by molar-refractivity contribution is 0.321. The summed E-state index contributed by atoms with van der Waals surface area (Å²) in [6, 6.07) is 9.09. The number of rotatable bonds is 7. The molecule has 0 saturated heterocycles. The summed E-state index contributed by atoms with van der Waals surface area (Å²) in [6.45, 7) is 2.11. The first-order chi connectivity index (χ1) is 12.5. The molecule has 3 rings (SSSR count). The summed E-state index contributed by atoms with van der Waals surface area (Å²) >= 11 is 1.56. The minimum absolute atomic E-state index is 0.0287. The lowest BCUT2D eigenvalue weighted by atomic mass is 10.1. The average Bonchev–Trinajstić information content (AvgIpc) is 3.17. The van der Waals surface area contributed by atoms with E-state index in [9.17, 15) is 12.8 Å². The summed E-state index contributed by atoms with van der Waals surface area (Å²) in [4.78, 5) is 4.14. The fraction of sp³-hybridized carbons (Fsp3) is 0.167. The van der Waals surface area contributed by atoms with Crippen LogP contribution in [0.1, 0.15) is 12.5 Å². The second-order valence-electron chi connectivity index (χ2n) is 5.41. The first-order valence-corrected chi connectivity index (χ1v) is 10.3. The highest BCUT2D eigenvalue weighted by Gasteiger charge is 2.17. The summed E-state index contributed by atoms with van der Waals surface area (Å²) in [5, 5.41) is 3.92. The molecule has 0 amide bonds. The van der Waals surface area contributed by atoms with E-state index >= 15 is 0 Å². The van der Waals surface area contributed by atoms with Crippen molar-refractivity contribution in [2.24, 2.45) is 0 Å². The molecular weight excluding hydrogens is 375 g/mol. The number of benzene rings is 1. The Kier molecular flexibility index (Phi) is 5.65. The van der Waals surface area contributed by atoms with Gasteiger partial charge in [-0.15, -0.1) is 0 Å². The van der Waals surface area contributed by atoms with Crippen LogP contribution in [0, 0.1) is 5.82 Å². The molecule has 2 heterocycles. The number of hydrogen-bond acceptors (Lipinski definition) is 5. The van der Waals surface area contributed by atoms with Gasteiger partial charge in [0.15, 0.2) is 11.6 Å². The lowest BCUT2D eigenvalue weighted by Gasteiger charge is -2.10. The van der Waals surface area contributed by atoms with E-state index in [4.69, 9.17) is 4.74 Å². The summed E-state index contributed by atoms with van der Waals surface area (Å²) < 4.78 is 46.3. The standard InChI is InChI=1S/C18H17FN2O3S2/c1-2-24-18-4-3-15(10-16(18)19)26(22,23)21-11-13-5-7-20-17(9-13)14-6-8-25-12-14/h3-10,12,21H,2,11H2,1H3. The molecule has 0 saturated carbocycles. The van der Waals surface area contributed by atoms with Crippen molar-refractivity contribution in [3.8, 4) is 17.0 Å². The van der Waals surface area contributed by atoms with E-state index in [0.717, 1.165) is 22.9 Å². The summed E-state index contributed by atoms with van der Waals surface area (Å²) in [5.74, 6) is -0.681. The Bertz CT molecular complexity index is 989. The molecule has 136 valence electrons. The van der Waals surface area contributed by atoms with Gasteiger partial charge in [0, 0.05) is 23.7 Å². The van der Waals surface area contributed by atoms with Crippen molar-refractivity contribution in [1.82, 2.24) is 9.71 Å². The van der Waals surface area contributed by atoms with Crippen LogP contribution in [0.4, 0.5) is 4.39 Å². The number of pyridine rings is 1. The van der Waals surface area contributed by atoms with E-state index in [2.05, 4.69) is 9.71 Å². The number of halogens is 1. The minimum Gasteiger partial charge on any atom is -0.491 e. The Labute approximate surface area is 155 Å². The van der Waals surface area contributed by atoms with Gasteiger partial charge < -0.3 is 4.74 Å². The van der Waals surface area contributed by atoms with Gasteiger partial charge in [-0.1, -0.05) is 0 Å². The van der Waals surface area contributed by atoms with Crippen molar-refractivity contribution in [2.75, 3.05) is 6.61 Å². The first-order valence-electron chi connectivity index (χ1n) is 7.89. The molecule has 0 spiro atoms. The molecule has 1 N–H and O–H groups in total. The number of nitrogens with one attached hydrogen (secondary N) is 1. The number of thiophene rings is 1. The smallest absolute Gasteiger partial charge is 0.240 e. The highest BCUT2D eigenvalue weighted by molar-refractivity contribution is 7.89. The van der Waals surface area contributed by atoms with Gasteiger partial charge in [-0.05, 0) is 54.3 Å². The van der Waals surface area contributed by atoms with Gasteiger partial charge in [-0.25, -0.2) is 17.5 Å². The third-order valence-electron chi connectivity index (χ3n) is 3.62. The predicted octanol–water partition coefficient (Wildman–Crippen LogP) is 3.83. The number of nitrogens with zero attached hydrogens (tertiary/aromatic N) is 1. The van der Waals surface area contributed by atoms with E-state index < -0.39 is 15.8 Å². The number of ether oxygens (including phenoxy) is 1. The van der Waals surface area contributed by atoms with Crippen LogP contribution in [-0.4, -0.2) is 20.0 Å². The van der Waals surface area contributed by atoms with Crippen molar-refractivity contribution in [3.63, 3.8) is 0 Å². The number of hydrogen-bond donors (Lipinski definition) is 1. The van der Waals surface area contributed by atoms with Crippen molar-refractivity contribution in [3.05, 3.63) is 64.7 Å². The normalized spacial score (nSPS) is 11.5. The topological polar surface area (TPSA) is 68.3 Å². The largest absolute Gasteiger partial charge is 0.491 e. The van der Waals surface area contributed by atoms with E-state index in [1.54, 1.807) is 30.5 Å². The molecule has 0 fully saturated rings. The monoisotopic (exact) mass is 392 g/mol. The van der Waals surface area contributed by atoms with Crippen LogP contribution in [-0.2, 0) is 16.6 Å². The van der Waals surface area contributed by atoms with Crippen LogP contribution in [0.5, 0.6) is 5.75 Å². The Balaban J connectivity index is 1.74. The average molecular weight is 392 g/mol. The lowest BCUT2D eigenvalue weighted by Crippen LogP contribution is -2.23. The van der Waals surface area contributed by atoms with Gasteiger partial charge in [0.05, 0.1) is 17.2 Å². The SMILES string of the molecule is CCOc1ccc(S(=O)(=O)NCc2ccnc(-c3ccsc3)c2)cc1F. The number of aromatic nitrogens is 1. The predicted molar refractivity (Wildman–Crippen MR) is 99.1 cm³/mol. The van der Waals surface area contributed by atoms with Crippen LogP contribution < -0.4 is 9.46 Å². The molecule has 5 nitrogen and oxygen atoms in total. The molecule has 0 atom stereocenters. The third-order valence-corrected chi connectivity index (χ3v) is 5.70. The molecule has 2 aromatic heterocycles. The Morgan fingerprint density at radius 2 is 2.08 bits per heavy atom.